The highest BCUT2D eigenvalue weighted by molar-refractivity contribution is 9.10. The summed E-state index contributed by atoms with van der Waals surface area (Å²) in [5.41, 5.74) is 9.55. The van der Waals surface area contributed by atoms with Gasteiger partial charge < -0.3 is 5.73 Å². The summed E-state index contributed by atoms with van der Waals surface area (Å²) in [6.45, 7) is 3.50. The molecule has 11 heteroatoms. The van der Waals surface area contributed by atoms with Crippen LogP contribution in [0.3, 0.4) is 0 Å². The molecule has 178 valence electrons. The zero-order valence-electron chi connectivity index (χ0n) is 18.3. The number of nitrogens with zero attached hydrogens (tertiary/aromatic N) is 4. The van der Waals surface area contributed by atoms with Gasteiger partial charge >= 0.3 is 0 Å². The Kier molecular flexibility index (Phi) is 7.20. The van der Waals surface area contributed by atoms with Crippen molar-refractivity contribution >= 4 is 42.9 Å². The Labute approximate surface area is 209 Å². The number of allylic oxidation sites excluding steroid dienone is 3. The number of halogens is 2. The van der Waals surface area contributed by atoms with E-state index in [1.165, 1.54) is 0 Å². The highest BCUT2D eigenvalue weighted by Gasteiger charge is 2.18. The predicted molar refractivity (Wildman–Crippen MR) is 138 cm³/mol. The molecule has 8 nitrogen and oxygen atoms in total. The predicted octanol–water partition coefficient (Wildman–Crippen LogP) is 4.80. The number of sulfonamides is 1. The van der Waals surface area contributed by atoms with Gasteiger partial charge in [0.25, 0.3) is 0 Å². The lowest BCUT2D eigenvalue weighted by atomic mass is 10.2. The fourth-order valence-electron chi connectivity index (χ4n) is 3.40. The van der Waals surface area contributed by atoms with Crippen LogP contribution in [0.5, 0.6) is 0 Å². The summed E-state index contributed by atoms with van der Waals surface area (Å²) in [6.07, 6.45) is 6.80. The number of fused-ring (bicyclic) bond motifs is 1. The molecular weight excluding hydrogens is 535 g/mol. The lowest BCUT2D eigenvalue weighted by Gasteiger charge is -2.11. The van der Waals surface area contributed by atoms with E-state index in [2.05, 4.69) is 37.2 Å². The minimum absolute atomic E-state index is 0.0332. The van der Waals surface area contributed by atoms with E-state index in [1.807, 2.05) is 28.8 Å². The average molecular weight is 555 g/mol. The molecule has 0 fully saturated rings. The van der Waals surface area contributed by atoms with Crippen LogP contribution in [0.25, 0.3) is 28.2 Å². The van der Waals surface area contributed by atoms with Gasteiger partial charge in [-0.15, -0.1) is 0 Å². The number of rotatable bonds is 8. The van der Waals surface area contributed by atoms with Gasteiger partial charge in [0.2, 0.25) is 10.0 Å². The number of aromatic nitrogens is 4. The zero-order valence-corrected chi connectivity index (χ0v) is 20.7. The number of hydrogen-bond donors (Lipinski definition) is 2. The number of imidazole rings is 1. The maximum atomic E-state index is 12.5. The van der Waals surface area contributed by atoms with Crippen molar-refractivity contribution in [1.82, 2.24) is 24.2 Å². The molecule has 0 saturated heterocycles. The topological polar surface area (TPSA) is 116 Å². The minimum atomic E-state index is -3.85. The molecule has 0 saturated carbocycles. The number of nitrogen functional groups attached to an aromatic ring is 1. The number of anilines is 1. The first-order valence-electron chi connectivity index (χ1n) is 10.3. The molecule has 0 aliphatic heterocycles. The maximum absolute atomic E-state index is 12.5. The van der Waals surface area contributed by atoms with Crippen molar-refractivity contribution in [3.05, 3.63) is 101 Å². The summed E-state index contributed by atoms with van der Waals surface area (Å²) in [7, 11) is -3.85. The summed E-state index contributed by atoms with van der Waals surface area (Å²) in [4.78, 5) is 13.3. The van der Waals surface area contributed by atoms with Crippen molar-refractivity contribution in [2.75, 3.05) is 5.73 Å². The summed E-state index contributed by atoms with van der Waals surface area (Å²) >= 11 is 3.43. The minimum Gasteiger partial charge on any atom is -0.383 e. The second-order valence-corrected chi connectivity index (χ2v) is 9.97. The molecule has 0 radical (unpaired) electrons. The average Bonchev–Trinajstić information content (AvgIpc) is 3.22. The Morgan fingerprint density at radius 2 is 2.00 bits per heavy atom. The molecule has 0 bridgehead atoms. The van der Waals surface area contributed by atoms with Crippen LogP contribution in [0.2, 0.25) is 0 Å². The first-order chi connectivity index (χ1) is 16.8. The van der Waals surface area contributed by atoms with E-state index >= 15 is 0 Å². The lowest BCUT2D eigenvalue weighted by molar-refractivity contribution is 0.589. The van der Waals surface area contributed by atoms with Crippen molar-refractivity contribution in [2.24, 2.45) is 0 Å². The summed E-state index contributed by atoms with van der Waals surface area (Å²) in [5.74, 6) is 0.911. The van der Waals surface area contributed by atoms with E-state index in [9.17, 15) is 12.8 Å². The van der Waals surface area contributed by atoms with Crippen LogP contribution in [0, 0.1) is 0 Å². The standard InChI is InChI=1S/C24H20BrFN6O2S/c1-2-19(5-3-11-26)35(33,34)30-14-16-7-9-18(10-8-16)32-23(20-6-4-12-28-22(20)27)31-21-13-17(25)15-29-24(21)32/h2-13,15,30H,1,14H2,(H2,27,28)/b11-3+,19-5+. The molecule has 0 atom stereocenters. The van der Waals surface area contributed by atoms with Crippen molar-refractivity contribution in [3.63, 3.8) is 0 Å². The molecule has 3 aromatic heterocycles. The van der Waals surface area contributed by atoms with E-state index in [-0.39, 0.29) is 17.8 Å². The third-order valence-electron chi connectivity index (χ3n) is 5.05. The van der Waals surface area contributed by atoms with Gasteiger partial charge in [-0.05, 0) is 70.1 Å². The Morgan fingerprint density at radius 3 is 2.69 bits per heavy atom. The molecule has 3 N–H and O–H groups in total. The van der Waals surface area contributed by atoms with Gasteiger partial charge in [0.1, 0.15) is 11.3 Å². The Balaban J connectivity index is 1.69. The summed E-state index contributed by atoms with van der Waals surface area (Å²) in [5, 5.41) is 0. The van der Waals surface area contributed by atoms with Crippen LogP contribution < -0.4 is 10.5 Å². The summed E-state index contributed by atoms with van der Waals surface area (Å²) < 4.78 is 42.3. The molecule has 0 unspecified atom stereocenters. The fourth-order valence-corrected chi connectivity index (χ4v) is 4.71. The first-order valence-corrected chi connectivity index (χ1v) is 12.5. The SMILES string of the molecule is C=C/C(=C\C=C\F)S(=O)(=O)NCc1ccc(-n2c(-c3cccnc3N)nc3cc(Br)cnc32)cc1. The second-order valence-electron chi connectivity index (χ2n) is 7.29. The molecule has 3 heterocycles. The molecule has 4 aromatic rings. The second kappa shape index (κ2) is 10.3. The smallest absolute Gasteiger partial charge is 0.240 e. The van der Waals surface area contributed by atoms with Gasteiger partial charge in [0.15, 0.2) is 11.5 Å². The van der Waals surface area contributed by atoms with Crippen LogP contribution in [-0.4, -0.2) is 27.9 Å². The molecule has 35 heavy (non-hydrogen) atoms. The molecule has 0 aliphatic rings. The fraction of sp³-hybridized carbons (Fsp3) is 0.0417. The molecule has 0 aliphatic carbocycles. The maximum Gasteiger partial charge on any atom is 0.240 e. The quantitative estimate of drug-likeness (QED) is 0.302. The van der Waals surface area contributed by atoms with Gasteiger partial charge in [-0.1, -0.05) is 18.7 Å². The van der Waals surface area contributed by atoms with Gasteiger partial charge in [0, 0.05) is 29.1 Å². The number of benzene rings is 1. The number of hydrogen-bond acceptors (Lipinski definition) is 6. The van der Waals surface area contributed by atoms with E-state index < -0.39 is 10.0 Å². The van der Waals surface area contributed by atoms with Crippen LogP contribution in [0.15, 0.2) is 95.4 Å². The van der Waals surface area contributed by atoms with Crippen LogP contribution in [-0.2, 0) is 16.6 Å². The van der Waals surface area contributed by atoms with E-state index in [1.54, 1.807) is 30.6 Å². The largest absolute Gasteiger partial charge is 0.383 e. The third-order valence-corrected chi connectivity index (χ3v) is 6.93. The first kappa shape index (κ1) is 24.5. The van der Waals surface area contributed by atoms with Gasteiger partial charge in [-0.25, -0.2) is 32.5 Å². The highest BCUT2D eigenvalue weighted by Crippen LogP contribution is 2.31. The van der Waals surface area contributed by atoms with Crippen LogP contribution in [0.4, 0.5) is 10.2 Å². The number of pyridine rings is 2. The Hall–Kier alpha value is -3.67. The van der Waals surface area contributed by atoms with Gasteiger partial charge in [0.05, 0.1) is 16.8 Å². The Bertz CT molecular complexity index is 1560. The van der Waals surface area contributed by atoms with E-state index in [0.29, 0.717) is 33.9 Å². The van der Waals surface area contributed by atoms with Gasteiger partial charge in [-0.3, -0.25) is 4.57 Å². The Morgan fingerprint density at radius 1 is 1.23 bits per heavy atom. The molecule has 1 aromatic carbocycles. The molecule has 0 spiro atoms. The van der Waals surface area contributed by atoms with Crippen molar-refractivity contribution in [3.8, 4) is 17.1 Å². The number of nitrogens with one attached hydrogen (secondary N) is 1. The van der Waals surface area contributed by atoms with Crippen molar-refractivity contribution < 1.29 is 12.8 Å². The van der Waals surface area contributed by atoms with Crippen LogP contribution >= 0.6 is 15.9 Å². The normalized spacial score (nSPS) is 12.5. The monoisotopic (exact) mass is 554 g/mol. The molecular formula is C24H20BrFN6O2S. The lowest BCUT2D eigenvalue weighted by Crippen LogP contribution is -2.24. The van der Waals surface area contributed by atoms with Gasteiger partial charge in [-0.2, -0.15) is 0 Å². The van der Waals surface area contributed by atoms with E-state index in [0.717, 1.165) is 28.4 Å². The van der Waals surface area contributed by atoms with Crippen LogP contribution in [0.1, 0.15) is 5.56 Å². The number of nitrogens with two attached hydrogens (primary N) is 1. The zero-order chi connectivity index (χ0) is 25.0. The summed E-state index contributed by atoms with van der Waals surface area (Å²) in [6, 6.07) is 12.7. The van der Waals surface area contributed by atoms with Crippen molar-refractivity contribution in [2.45, 2.75) is 6.54 Å². The molecule has 0 amide bonds. The highest BCUT2D eigenvalue weighted by atomic mass is 79.9. The third kappa shape index (κ3) is 5.21. The molecule has 4 rings (SSSR count). The van der Waals surface area contributed by atoms with E-state index in [4.69, 9.17) is 10.7 Å². The van der Waals surface area contributed by atoms with Crippen molar-refractivity contribution in [1.29, 1.82) is 0 Å².